The number of rotatable bonds is 5. The molecule has 2 heterocycles. The standard InChI is InChI=1S/C22H23FN4O5S/c1-2-27-20-12-18(6-5-16(20)13-24-27)26(22(30)25-7-9-33(31,32)10-8-25)14-17-4-3-15(21(28)29)11-19(17)23/h3-6,11-13H,2,7-10,14H2,1H3,(H,28,29). The Labute approximate surface area is 189 Å². The molecule has 4 rings (SSSR count). The summed E-state index contributed by atoms with van der Waals surface area (Å²) in [6, 6.07) is 8.42. The number of urea groups is 1. The van der Waals surface area contributed by atoms with E-state index >= 15 is 0 Å². The predicted molar refractivity (Wildman–Crippen MR) is 121 cm³/mol. The number of benzene rings is 2. The molecule has 1 aliphatic heterocycles. The highest BCUT2D eigenvalue weighted by Crippen LogP contribution is 2.26. The summed E-state index contributed by atoms with van der Waals surface area (Å²) in [6.45, 7) is 2.51. The second-order valence-corrected chi connectivity index (χ2v) is 10.1. The zero-order valence-corrected chi connectivity index (χ0v) is 18.8. The number of aryl methyl sites for hydroxylation is 1. The number of aromatic nitrogens is 2. The van der Waals surface area contributed by atoms with Crippen molar-refractivity contribution in [1.82, 2.24) is 14.7 Å². The third-order valence-corrected chi connectivity index (χ3v) is 7.32. The molecule has 9 nitrogen and oxygen atoms in total. The van der Waals surface area contributed by atoms with Gasteiger partial charge in [0.2, 0.25) is 0 Å². The van der Waals surface area contributed by atoms with Gasteiger partial charge in [-0.1, -0.05) is 6.07 Å². The number of amides is 2. The van der Waals surface area contributed by atoms with Crippen LogP contribution < -0.4 is 4.90 Å². The summed E-state index contributed by atoms with van der Waals surface area (Å²) >= 11 is 0. The van der Waals surface area contributed by atoms with Crippen molar-refractivity contribution in [2.24, 2.45) is 0 Å². The van der Waals surface area contributed by atoms with E-state index in [1.54, 1.807) is 23.0 Å². The van der Waals surface area contributed by atoms with Crippen LogP contribution in [0.1, 0.15) is 22.8 Å². The number of carboxylic acid groups (broad SMARTS) is 1. The van der Waals surface area contributed by atoms with Gasteiger partial charge >= 0.3 is 12.0 Å². The first kappa shape index (κ1) is 22.7. The number of sulfone groups is 1. The molecule has 2 aromatic carbocycles. The third-order valence-electron chi connectivity index (χ3n) is 5.71. The van der Waals surface area contributed by atoms with Crippen LogP contribution in [0, 0.1) is 5.82 Å². The van der Waals surface area contributed by atoms with Crippen molar-refractivity contribution in [1.29, 1.82) is 0 Å². The van der Waals surface area contributed by atoms with Gasteiger partial charge in [-0.05, 0) is 37.3 Å². The maximum absolute atomic E-state index is 14.7. The monoisotopic (exact) mass is 474 g/mol. The average molecular weight is 475 g/mol. The average Bonchev–Trinajstić information content (AvgIpc) is 3.20. The van der Waals surface area contributed by atoms with Crippen molar-refractivity contribution in [3.05, 3.63) is 59.5 Å². The Morgan fingerprint density at radius 1 is 1.15 bits per heavy atom. The van der Waals surface area contributed by atoms with Gasteiger partial charge in [-0.2, -0.15) is 5.10 Å². The summed E-state index contributed by atoms with van der Waals surface area (Å²) in [5, 5.41) is 14.3. The minimum absolute atomic E-state index is 0.0488. The van der Waals surface area contributed by atoms with Gasteiger partial charge in [-0.15, -0.1) is 0 Å². The Hall–Kier alpha value is -3.47. The molecule has 0 saturated carbocycles. The van der Waals surface area contributed by atoms with Gasteiger partial charge in [0.25, 0.3) is 0 Å². The molecule has 0 bridgehead atoms. The molecule has 0 spiro atoms. The molecule has 0 unspecified atom stereocenters. The fourth-order valence-electron chi connectivity index (χ4n) is 3.80. The largest absolute Gasteiger partial charge is 0.478 e. The molecule has 33 heavy (non-hydrogen) atoms. The SMILES string of the molecule is CCn1ncc2ccc(N(Cc3ccc(C(=O)O)cc3F)C(=O)N3CCS(=O)(=O)CC3)cc21. The molecule has 1 fully saturated rings. The van der Waals surface area contributed by atoms with E-state index in [4.69, 9.17) is 5.11 Å². The van der Waals surface area contributed by atoms with Gasteiger partial charge < -0.3 is 10.0 Å². The van der Waals surface area contributed by atoms with E-state index in [1.165, 1.54) is 21.9 Å². The number of fused-ring (bicyclic) bond motifs is 1. The number of aromatic carboxylic acids is 1. The predicted octanol–water partition coefficient (Wildman–Crippen LogP) is 2.75. The lowest BCUT2D eigenvalue weighted by Crippen LogP contribution is -2.49. The number of halogens is 1. The fourth-order valence-corrected chi connectivity index (χ4v) is 5.00. The molecule has 1 N–H and O–H groups in total. The molecule has 0 aliphatic carbocycles. The van der Waals surface area contributed by atoms with Gasteiger partial charge in [0.15, 0.2) is 9.84 Å². The third kappa shape index (κ3) is 4.68. The quantitative estimate of drug-likeness (QED) is 0.609. The smallest absolute Gasteiger partial charge is 0.335 e. The van der Waals surface area contributed by atoms with Crippen LogP contribution in [0.3, 0.4) is 0 Å². The first-order valence-corrected chi connectivity index (χ1v) is 12.2. The Kier molecular flexibility index (Phi) is 6.07. The lowest BCUT2D eigenvalue weighted by atomic mass is 10.1. The van der Waals surface area contributed by atoms with Crippen LogP contribution in [0.5, 0.6) is 0 Å². The van der Waals surface area contributed by atoms with Crippen LogP contribution in [0.4, 0.5) is 14.9 Å². The minimum atomic E-state index is -3.19. The van der Waals surface area contributed by atoms with Crippen LogP contribution in [-0.4, -0.2) is 64.8 Å². The maximum atomic E-state index is 14.7. The Bertz CT molecular complexity index is 1320. The Morgan fingerprint density at radius 3 is 2.52 bits per heavy atom. The van der Waals surface area contributed by atoms with Crippen LogP contribution in [0.25, 0.3) is 10.9 Å². The van der Waals surface area contributed by atoms with Crippen molar-refractivity contribution >= 4 is 38.4 Å². The lowest BCUT2D eigenvalue weighted by Gasteiger charge is -2.33. The summed E-state index contributed by atoms with van der Waals surface area (Å²) in [5.41, 5.74) is 1.25. The van der Waals surface area contributed by atoms with Gasteiger partial charge in [0.05, 0.1) is 35.3 Å². The molecule has 1 saturated heterocycles. The number of carbonyl (C=O) groups is 2. The maximum Gasteiger partial charge on any atom is 0.335 e. The molecule has 1 aliphatic rings. The van der Waals surface area contributed by atoms with Crippen molar-refractivity contribution in [2.75, 3.05) is 29.5 Å². The summed E-state index contributed by atoms with van der Waals surface area (Å²) in [4.78, 5) is 27.4. The molecule has 2 amide bonds. The second-order valence-electron chi connectivity index (χ2n) is 7.82. The van der Waals surface area contributed by atoms with E-state index in [-0.39, 0.29) is 42.3 Å². The van der Waals surface area contributed by atoms with E-state index in [1.807, 2.05) is 13.0 Å². The highest BCUT2D eigenvalue weighted by atomic mass is 32.2. The number of nitrogens with zero attached hydrogens (tertiary/aromatic N) is 4. The molecular formula is C22H23FN4O5S. The summed E-state index contributed by atoms with van der Waals surface area (Å²) in [5.74, 6) is -2.25. The number of carbonyl (C=O) groups excluding carboxylic acids is 1. The zero-order chi connectivity index (χ0) is 23.8. The van der Waals surface area contributed by atoms with Crippen molar-refractivity contribution < 1.29 is 27.5 Å². The van der Waals surface area contributed by atoms with Crippen LogP contribution >= 0.6 is 0 Å². The van der Waals surface area contributed by atoms with Crippen molar-refractivity contribution in [3.8, 4) is 0 Å². The van der Waals surface area contributed by atoms with E-state index in [9.17, 15) is 22.4 Å². The number of anilines is 1. The Balaban J connectivity index is 1.72. The lowest BCUT2D eigenvalue weighted by molar-refractivity contribution is 0.0696. The van der Waals surface area contributed by atoms with Crippen molar-refractivity contribution in [2.45, 2.75) is 20.0 Å². The topological polar surface area (TPSA) is 113 Å². The number of carboxylic acids is 1. The van der Waals surface area contributed by atoms with Crippen LogP contribution in [0.15, 0.2) is 42.6 Å². The first-order valence-electron chi connectivity index (χ1n) is 10.4. The van der Waals surface area contributed by atoms with Gasteiger partial charge in [-0.3, -0.25) is 9.58 Å². The molecular weight excluding hydrogens is 451 g/mol. The van der Waals surface area contributed by atoms with E-state index < -0.39 is 27.7 Å². The number of hydrogen-bond acceptors (Lipinski definition) is 5. The summed E-state index contributed by atoms with van der Waals surface area (Å²) < 4.78 is 40.1. The van der Waals surface area contributed by atoms with Gasteiger partial charge in [0, 0.05) is 36.3 Å². The highest BCUT2D eigenvalue weighted by Gasteiger charge is 2.30. The van der Waals surface area contributed by atoms with Crippen LogP contribution in [0.2, 0.25) is 0 Å². The summed E-state index contributed by atoms with van der Waals surface area (Å²) in [6.07, 6.45) is 1.72. The van der Waals surface area contributed by atoms with E-state index in [2.05, 4.69) is 5.10 Å². The number of hydrogen-bond donors (Lipinski definition) is 1. The van der Waals surface area contributed by atoms with E-state index in [0.717, 1.165) is 17.0 Å². The molecule has 1 aromatic heterocycles. The molecule has 0 atom stereocenters. The molecule has 11 heteroatoms. The van der Waals surface area contributed by atoms with Crippen molar-refractivity contribution in [3.63, 3.8) is 0 Å². The zero-order valence-electron chi connectivity index (χ0n) is 17.9. The summed E-state index contributed by atoms with van der Waals surface area (Å²) in [7, 11) is -3.19. The van der Waals surface area contributed by atoms with Crippen LogP contribution in [-0.2, 0) is 22.9 Å². The van der Waals surface area contributed by atoms with E-state index in [0.29, 0.717) is 12.2 Å². The molecule has 3 aromatic rings. The highest BCUT2D eigenvalue weighted by molar-refractivity contribution is 7.91. The first-order chi connectivity index (χ1) is 15.7. The minimum Gasteiger partial charge on any atom is -0.478 e. The molecule has 174 valence electrons. The normalized spacial score (nSPS) is 15.5. The molecule has 0 radical (unpaired) electrons. The van der Waals surface area contributed by atoms with Gasteiger partial charge in [0.1, 0.15) is 5.82 Å². The Morgan fingerprint density at radius 2 is 1.88 bits per heavy atom. The second kappa shape index (κ2) is 8.81. The fraction of sp³-hybridized carbons (Fsp3) is 0.318. The van der Waals surface area contributed by atoms with Gasteiger partial charge in [-0.25, -0.2) is 22.4 Å².